The van der Waals surface area contributed by atoms with Gasteiger partial charge < -0.3 is 26.8 Å². The number of aromatic nitrogens is 4. The van der Waals surface area contributed by atoms with Gasteiger partial charge in [-0.1, -0.05) is 6.42 Å². The van der Waals surface area contributed by atoms with Gasteiger partial charge in [-0.05, 0) is 19.4 Å². The van der Waals surface area contributed by atoms with Crippen LogP contribution < -0.4 is 22.1 Å². The van der Waals surface area contributed by atoms with Gasteiger partial charge in [-0.15, -0.1) is 0 Å². The van der Waals surface area contributed by atoms with Gasteiger partial charge >= 0.3 is 0 Å². The number of nitrogens with two attached hydrogens (primary N) is 2. The third-order valence-electron chi connectivity index (χ3n) is 4.01. The molecule has 8 N–H and O–H groups in total. The number of rotatable bonds is 13. The summed E-state index contributed by atoms with van der Waals surface area (Å²) in [6.45, 7) is 0.584. The second-order valence-electron chi connectivity index (χ2n) is 6.03. The summed E-state index contributed by atoms with van der Waals surface area (Å²) in [5, 5.41) is 6.08. The summed E-state index contributed by atoms with van der Waals surface area (Å²) < 4.78 is 0. The number of anilines is 1. The number of hydrogen-bond acceptors (Lipinski definition) is 7. The smallest absolute Gasteiger partial charge is 0.234 e. The van der Waals surface area contributed by atoms with Crippen molar-refractivity contribution in [2.75, 3.05) is 18.4 Å². The van der Waals surface area contributed by atoms with E-state index in [4.69, 9.17) is 11.5 Å². The molecule has 0 saturated heterocycles. The molecule has 0 unspecified atom stereocenters. The van der Waals surface area contributed by atoms with E-state index < -0.39 is 18.0 Å². The van der Waals surface area contributed by atoms with Crippen molar-refractivity contribution in [1.82, 2.24) is 25.3 Å². The van der Waals surface area contributed by atoms with Crippen molar-refractivity contribution in [3.05, 3.63) is 30.7 Å². The van der Waals surface area contributed by atoms with E-state index in [-0.39, 0.29) is 12.3 Å². The first kappa shape index (κ1) is 19.6. The second kappa shape index (κ2) is 10.3. The maximum Gasteiger partial charge on any atom is 0.234 e. The SMILES string of the molecule is NCCCC[C@H](NCC(=O)[C@H](Cc1cnc[nH]1)Nc1cnc[nH]1)C(N)=O. The standard InChI is InChI=1S/C16H26N8O2/c17-4-2-1-3-12(16(18)26)21-7-14(25)13(5-11-6-19-9-22-11)24-15-8-20-10-23-15/h6,8-10,12-13,21,24H,1-5,7,17H2,(H2,18,26)(H,19,22)(H,20,23)/t12-,13-/m0/s1. The molecule has 2 atom stereocenters. The summed E-state index contributed by atoms with van der Waals surface area (Å²) in [6.07, 6.45) is 8.91. The number of primary amides is 1. The maximum atomic E-state index is 12.7. The molecular formula is C16H26N8O2. The minimum atomic E-state index is -0.551. The van der Waals surface area contributed by atoms with E-state index in [1.54, 1.807) is 18.7 Å². The monoisotopic (exact) mass is 362 g/mol. The molecule has 2 aromatic heterocycles. The third-order valence-corrected chi connectivity index (χ3v) is 4.01. The Morgan fingerprint density at radius 2 is 1.88 bits per heavy atom. The van der Waals surface area contributed by atoms with Gasteiger partial charge in [0.2, 0.25) is 5.91 Å². The normalized spacial score (nSPS) is 13.3. The fourth-order valence-electron chi connectivity index (χ4n) is 2.57. The molecule has 0 fully saturated rings. The lowest BCUT2D eigenvalue weighted by molar-refractivity contribution is -0.121. The van der Waals surface area contributed by atoms with Crippen molar-refractivity contribution in [1.29, 1.82) is 0 Å². The van der Waals surface area contributed by atoms with E-state index in [2.05, 4.69) is 30.6 Å². The van der Waals surface area contributed by atoms with Gasteiger partial charge in [-0.2, -0.15) is 0 Å². The zero-order valence-corrected chi connectivity index (χ0v) is 14.6. The van der Waals surface area contributed by atoms with Crippen LogP contribution in [0.4, 0.5) is 5.82 Å². The maximum absolute atomic E-state index is 12.7. The van der Waals surface area contributed by atoms with Crippen LogP contribution in [0.2, 0.25) is 0 Å². The summed E-state index contributed by atoms with van der Waals surface area (Å²) in [5.41, 5.74) is 11.7. The first-order valence-electron chi connectivity index (χ1n) is 8.57. The van der Waals surface area contributed by atoms with Gasteiger partial charge in [0.1, 0.15) is 5.82 Å². The van der Waals surface area contributed by atoms with Crippen LogP contribution in [0.15, 0.2) is 25.0 Å². The number of carbonyl (C=O) groups excluding carboxylic acids is 2. The Morgan fingerprint density at radius 3 is 2.50 bits per heavy atom. The Labute approximate surface area is 151 Å². The highest BCUT2D eigenvalue weighted by atomic mass is 16.1. The van der Waals surface area contributed by atoms with Gasteiger partial charge in [-0.25, -0.2) is 9.97 Å². The molecule has 0 spiro atoms. The predicted molar refractivity (Wildman–Crippen MR) is 97.2 cm³/mol. The highest BCUT2D eigenvalue weighted by Gasteiger charge is 2.22. The first-order valence-corrected chi connectivity index (χ1v) is 8.57. The molecular weight excluding hydrogens is 336 g/mol. The molecule has 0 saturated carbocycles. The number of unbranched alkanes of at least 4 members (excludes halogenated alkanes) is 1. The molecule has 26 heavy (non-hydrogen) atoms. The first-order chi connectivity index (χ1) is 12.6. The minimum Gasteiger partial charge on any atom is -0.368 e. The summed E-state index contributed by atoms with van der Waals surface area (Å²) in [6, 6.07) is -1.06. The van der Waals surface area contributed by atoms with E-state index in [1.165, 1.54) is 6.33 Å². The number of nitrogens with one attached hydrogen (secondary N) is 4. The Hall–Kier alpha value is -2.72. The van der Waals surface area contributed by atoms with E-state index in [0.29, 0.717) is 25.2 Å². The molecule has 142 valence electrons. The molecule has 2 rings (SSSR count). The molecule has 0 aliphatic heterocycles. The molecule has 0 bridgehead atoms. The zero-order valence-electron chi connectivity index (χ0n) is 14.6. The van der Waals surface area contributed by atoms with Crippen LogP contribution >= 0.6 is 0 Å². The fraction of sp³-hybridized carbons (Fsp3) is 0.500. The van der Waals surface area contributed by atoms with Crippen LogP contribution in [-0.2, 0) is 16.0 Å². The molecule has 0 aliphatic carbocycles. The van der Waals surface area contributed by atoms with Gasteiger partial charge in [0.25, 0.3) is 0 Å². The van der Waals surface area contributed by atoms with E-state index in [9.17, 15) is 9.59 Å². The molecule has 0 aliphatic rings. The van der Waals surface area contributed by atoms with Crippen LogP contribution in [0.5, 0.6) is 0 Å². The van der Waals surface area contributed by atoms with Crippen LogP contribution in [0, 0.1) is 0 Å². The van der Waals surface area contributed by atoms with Crippen molar-refractivity contribution in [2.45, 2.75) is 37.8 Å². The molecule has 1 amide bonds. The summed E-state index contributed by atoms with van der Waals surface area (Å²) in [7, 11) is 0. The molecule has 2 aromatic rings. The Morgan fingerprint density at radius 1 is 1.12 bits per heavy atom. The number of H-pyrrole nitrogens is 2. The van der Waals surface area contributed by atoms with Gasteiger partial charge in [0, 0.05) is 18.3 Å². The predicted octanol–water partition coefficient (Wildman–Crippen LogP) is -0.702. The van der Waals surface area contributed by atoms with E-state index >= 15 is 0 Å². The van der Waals surface area contributed by atoms with Gasteiger partial charge in [0.15, 0.2) is 5.78 Å². The number of carbonyl (C=O) groups is 2. The van der Waals surface area contributed by atoms with Crippen LogP contribution in [-0.4, -0.2) is 56.8 Å². The Balaban J connectivity index is 1.94. The van der Waals surface area contributed by atoms with Crippen LogP contribution in [0.3, 0.4) is 0 Å². The average Bonchev–Trinajstić information content (AvgIpc) is 3.30. The molecule has 0 aromatic carbocycles. The number of ketones is 1. The lowest BCUT2D eigenvalue weighted by Crippen LogP contribution is -2.46. The molecule has 0 radical (unpaired) electrons. The molecule has 10 heteroatoms. The lowest BCUT2D eigenvalue weighted by atomic mass is 10.1. The molecule has 10 nitrogen and oxygen atoms in total. The summed E-state index contributed by atoms with van der Waals surface area (Å²) in [4.78, 5) is 38.1. The zero-order chi connectivity index (χ0) is 18.8. The highest BCUT2D eigenvalue weighted by molar-refractivity contribution is 5.89. The second-order valence-corrected chi connectivity index (χ2v) is 6.03. The van der Waals surface area contributed by atoms with Crippen molar-refractivity contribution >= 4 is 17.5 Å². The minimum absolute atomic E-state index is 0.0240. The highest BCUT2D eigenvalue weighted by Crippen LogP contribution is 2.08. The number of hydrogen-bond donors (Lipinski definition) is 6. The van der Waals surface area contributed by atoms with E-state index in [0.717, 1.165) is 18.5 Å². The average molecular weight is 362 g/mol. The topological polar surface area (TPSA) is 168 Å². The summed E-state index contributed by atoms with van der Waals surface area (Å²) >= 11 is 0. The van der Waals surface area contributed by atoms with E-state index in [1.807, 2.05) is 0 Å². The van der Waals surface area contributed by atoms with Crippen molar-refractivity contribution in [3.63, 3.8) is 0 Å². The quantitative estimate of drug-likeness (QED) is 0.256. The number of aromatic amines is 2. The fourth-order valence-corrected chi connectivity index (χ4v) is 2.57. The lowest BCUT2D eigenvalue weighted by Gasteiger charge is -2.20. The number of amides is 1. The summed E-state index contributed by atoms with van der Waals surface area (Å²) in [5.74, 6) is 0.0676. The van der Waals surface area contributed by atoms with Crippen molar-refractivity contribution in [3.8, 4) is 0 Å². The van der Waals surface area contributed by atoms with Crippen molar-refractivity contribution in [2.24, 2.45) is 11.5 Å². The number of Topliss-reactive ketones (excluding diaryl/α,β-unsaturated/α-hetero) is 1. The molecule has 2 heterocycles. The van der Waals surface area contributed by atoms with Crippen LogP contribution in [0.1, 0.15) is 25.0 Å². The van der Waals surface area contributed by atoms with Gasteiger partial charge in [-0.3, -0.25) is 14.9 Å². The number of imidazole rings is 2. The van der Waals surface area contributed by atoms with Crippen molar-refractivity contribution < 1.29 is 9.59 Å². The Bertz CT molecular complexity index is 620. The van der Waals surface area contributed by atoms with Gasteiger partial charge in [0.05, 0.1) is 37.5 Å². The third kappa shape index (κ3) is 6.30. The Kier molecular flexibility index (Phi) is 7.77. The number of nitrogens with zero attached hydrogens (tertiary/aromatic N) is 2. The largest absolute Gasteiger partial charge is 0.368 e. The van der Waals surface area contributed by atoms with Crippen LogP contribution in [0.25, 0.3) is 0 Å².